The van der Waals surface area contributed by atoms with E-state index in [2.05, 4.69) is 20.1 Å². The van der Waals surface area contributed by atoms with Crippen LogP contribution in [0.4, 0.5) is 28.2 Å². The highest BCUT2D eigenvalue weighted by atomic mass is 35.5. The number of ether oxygens (including phenoxy) is 1. The van der Waals surface area contributed by atoms with Crippen molar-refractivity contribution in [2.75, 3.05) is 11.4 Å². The third-order valence-corrected chi connectivity index (χ3v) is 4.57. The Morgan fingerprint density at radius 3 is 2.38 bits per heavy atom. The molecule has 0 saturated carbocycles. The van der Waals surface area contributed by atoms with Crippen molar-refractivity contribution in [2.45, 2.75) is 70.8 Å². The van der Waals surface area contributed by atoms with E-state index in [1.807, 2.05) is 0 Å². The average Bonchev–Trinajstić information content (AvgIpc) is 3.12. The van der Waals surface area contributed by atoms with Gasteiger partial charge in [0.05, 0.1) is 0 Å². The molecule has 32 heavy (non-hydrogen) atoms. The standard InChI is InChI=1S/C19H24ClF4N5O3/c1-17(2,21)14-26-12(28-32-14)8-6-5-7-11-29(13-9-10-25-15(20)27-13)16(30)31-18(3,4)19(22,23)24/h9-10H,5-8,11H2,1-4H3. The molecule has 2 heterocycles. The van der Waals surface area contributed by atoms with Crippen molar-refractivity contribution in [2.24, 2.45) is 0 Å². The van der Waals surface area contributed by atoms with E-state index in [1.54, 1.807) is 0 Å². The molecule has 0 N–H and O–H groups in total. The highest BCUT2D eigenvalue weighted by Crippen LogP contribution is 2.33. The molecule has 2 aromatic rings. The van der Waals surface area contributed by atoms with Crippen LogP contribution in [-0.4, -0.2) is 44.5 Å². The first-order chi connectivity index (χ1) is 14.7. The summed E-state index contributed by atoms with van der Waals surface area (Å²) in [5.41, 5.74) is -4.44. The van der Waals surface area contributed by atoms with E-state index in [0.717, 1.165) is 18.7 Å². The number of hydrogen-bond donors (Lipinski definition) is 0. The summed E-state index contributed by atoms with van der Waals surface area (Å²) < 4.78 is 62.8. The summed E-state index contributed by atoms with van der Waals surface area (Å²) in [6.45, 7) is 4.14. The average molecular weight is 482 g/mol. The van der Waals surface area contributed by atoms with Gasteiger partial charge in [0.15, 0.2) is 11.5 Å². The monoisotopic (exact) mass is 481 g/mol. The lowest BCUT2D eigenvalue weighted by Gasteiger charge is -2.30. The predicted molar refractivity (Wildman–Crippen MR) is 107 cm³/mol. The number of hydrogen-bond acceptors (Lipinski definition) is 7. The van der Waals surface area contributed by atoms with Crippen molar-refractivity contribution < 1.29 is 31.6 Å². The lowest BCUT2D eigenvalue weighted by Crippen LogP contribution is -2.47. The van der Waals surface area contributed by atoms with Crippen LogP contribution >= 0.6 is 11.6 Å². The molecule has 0 atom stereocenters. The number of unbranched alkanes of at least 4 members (excludes halogenated alkanes) is 2. The highest BCUT2D eigenvalue weighted by molar-refractivity contribution is 6.28. The van der Waals surface area contributed by atoms with E-state index < -0.39 is 23.5 Å². The van der Waals surface area contributed by atoms with E-state index in [-0.39, 0.29) is 23.5 Å². The summed E-state index contributed by atoms with van der Waals surface area (Å²) in [5, 5.41) is 3.55. The number of amides is 1. The molecule has 0 bridgehead atoms. The Morgan fingerprint density at radius 1 is 1.12 bits per heavy atom. The van der Waals surface area contributed by atoms with Gasteiger partial charge in [-0.1, -0.05) is 11.6 Å². The molecule has 0 aliphatic carbocycles. The van der Waals surface area contributed by atoms with Gasteiger partial charge in [-0.15, -0.1) is 0 Å². The number of alkyl halides is 4. The van der Waals surface area contributed by atoms with Gasteiger partial charge >= 0.3 is 12.3 Å². The molecule has 0 unspecified atom stereocenters. The zero-order valence-electron chi connectivity index (χ0n) is 18.0. The number of nitrogens with zero attached hydrogens (tertiary/aromatic N) is 5. The fraction of sp³-hybridized carbons (Fsp3) is 0.632. The van der Waals surface area contributed by atoms with E-state index >= 15 is 0 Å². The van der Waals surface area contributed by atoms with Gasteiger partial charge in [-0.2, -0.15) is 18.2 Å². The number of aromatic nitrogens is 4. The first kappa shape index (κ1) is 25.8. The van der Waals surface area contributed by atoms with E-state index in [1.165, 1.54) is 26.1 Å². The second-order valence-corrected chi connectivity index (χ2v) is 8.35. The minimum Gasteiger partial charge on any atom is -0.433 e. The van der Waals surface area contributed by atoms with Crippen LogP contribution in [0.3, 0.4) is 0 Å². The van der Waals surface area contributed by atoms with Gasteiger partial charge in [0.1, 0.15) is 5.82 Å². The summed E-state index contributed by atoms with van der Waals surface area (Å²) in [6.07, 6.45) is -2.74. The maximum absolute atomic E-state index is 13.8. The molecule has 0 fully saturated rings. The fourth-order valence-corrected chi connectivity index (χ4v) is 2.58. The largest absolute Gasteiger partial charge is 0.433 e. The van der Waals surface area contributed by atoms with Gasteiger partial charge in [0.2, 0.25) is 10.9 Å². The van der Waals surface area contributed by atoms with Crippen molar-refractivity contribution in [3.8, 4) is 0 Å². The van der Waals surface area contributed by atoms with E-state index in [0.29, 0.717) is 31.5 Å². The summed E-state index contributed by atoms with van der Waals surface area (Å²) in [6, 6.07) is 1.34. The molecule has 1 amide bonds. The first-order valence-electron chi connectivity index (χ1n) is 9.78. The normalized spacial score (nSPS) is 12.7. The third-order valence-electron chi connectivity index (χ3n) is 4.39. The Hall–Kier alpha value is -2.50. The number of carbonyl (C=O) groups excluding carboxylic acids is 1. The molecule has 178 valence electrons. The molecule has 0 aliphatic rings. The summed E-state index contributed by atoms with van der Waals surface area (Å²) >= 11 is 5.75. The third kappa shape index (κ3) is 7.01. The van der Waals surface area contributed by atoms with Crippen molar-refractivity contribution in [3.63, 3.8) is 0 Å². The zero-order chi connectivity index (χ0) is 24.2. The molecule has 2 aromatic heterocycles. The number of carbonyl (C=O) groups is 1. The Labute approximate surface area is 187 Å². The summed E-state index contributed by atoms with van der Waals surface area (Å²) in [7, 11) is 0. The van der Waals surface area contributed by atoms with E-state index in [4.69, 9.17) is 20.9 Å². The topological polar surface area (TPSA) is 94.2 Å². The fourth-order valence-electron chi connectivity index (χ4n) is 2.43. The maximum atomic E-state index is 13.8. The summed E-state index contributed by atoms with van der Waals surface area (Å²) in [4.78, 5) is 25.1. The predicted octanol–water partition coefficient (Wildman–Crippen LogP) is 5.41. The second kappa shape index (κ2) is 9.97. The van der Waals surface area contributed by atoms with Crippen molar-refractivity contribution >= 4 is 23.5 Å². The maximum Gasteiger partial charge on any atom is 0.427 e. The Balaban J connectivity index is 1.98. The van der Waals surface area contributed by atoms with Gasteiger partial charge in [-0.05, 0) is 58.2 Å². The molecule has 0 saturated heterocycles. The number of rotatable bonds is 9. The first-order valence-corrected chi connectivity index (χ1v) is 10.2. The Bertz CT molecular complexity index is 915. The van der Waals surface area contributed by atoms with Crippen LogP contribution in [0.15, 0.2) is 16.8 Å². The van der Waals surface area contributed by atoms with Crippen LogP contribution in [0.1, 0.15) is 58.7 Å². The van der Waals surface area contributed by atoms with E-state index in [9.17, 15) is 22.4 Å². The van der Waals surface area contributed by atoms with Crippen molar-refractivity contribution in [1.82, 2.24) is 20.1 Å². The van der Waals surface area contributed by atoms with Crippen LogP contribution in [0, 0.1) is 0 Å². The van der Waals surface area contributed by atoms with Crippen LogP contribution in [0.25, 0.3) is 0 Å². The van der Waals surface area contributed by atoms with Gasteiger partial charge in [-0.25, -0.2) is 19.2 Å². The molecule has 2 rings (SSSR count). The minimum atomic E-state index is -4.75. The quantitative estimate of drug-likeness (QED) is 0.268. The van der Waals surface area contributed by atoms with Crippen LogP contribution in [0.2, 0.25) is 5.28 Å². The molecule has 0 spiro atoms. The summed E-state index contributed by atoms with van der Waals surface area (Å²) in [5.74, 6) is 0.242. The lowest BCUT2D eigenvalue weighted by molar-refractivity contribution is -0.243. The molecule has 0 radical (unpaired) electrons. The molecule has 0 aliphatic heterocycles. The van der Waals surface area contributed by atoms with Gasteiger partial charge in [-0.3, -0.25) is 4.90 Å². The van der Waals surface area contributed by atoms with Gasteiger partial charge in [0, 0.05) is 19.2 Å². The van der Waals surface area contributed by atoms with Crippen LogP contribution < -0.4 is 4.90 Å². The minimum absolute atomic E-state index is 0.0148. The van der Waals surface area contributed by atoms with Gasteiger partial charge in [0.25, 0.3) is 5.89 Å². The molecular formula is C19H24ClF4N5O3. The van der Waals surface area contributed by atoms with Crippen molar-refractivity contribution in [1.29, 1.82) is 0 Å². The SMILES string of the molecule is CC(C)(F)c1nc(CCCCCN(C(=O)OC(C)(C)C(F)(F)F)c2ccnc(Cl)n2)no1. The molecule has 13 heteroatoms. The second-order valence-electron chi connectivity index (χ2n) is 8.01. The number of aryl methyl sites for hydroxylation is 1. The number of halogens is 5. The zero-order valence-corrected chi connectivity index (χ0v) is 18.8. The van der Waals surface area contributed by atoms with Crippen LogP contribution in [0.5, 0.6) is 0 Å². The van der Waals surface area contributed by atoms with Crippen molar-refractivity contribution in [3.05, 3.63) is 29.3 Å². The van der Waals surface area contributed by atoms with Crippen LogP contribution in [-0.2, 0) is 16.8 Å². The Morgan fingerprint density at radius 2 is 1.81 bits per heavy atom. The smallest absolute Gasteiger partial charge is 0.427 e. The number of anilines is 1. The Kier molecular flexibility index (Phi) is 8.02. The molecule has 8 nitrogen and oxygen atoms in total. The molecule has 0 aromatic carbocycles. The lowest BCUT2D eigenvalue weighted by atomic mass is 10.1. The van der Waals surface area contributed by atoms with Gasteiger partial charge < -0.3 is 9.26 Å². The highest BCUT2D eigenvalue weighted by Gasteiger charge is 2.51. The molecular weight excluding hydrogens is 458 g/mol.